The van der Waals surface area contributed by atoms with E-state index in [1.807, 2.05) is 32.0 Å². The van der Waals surface area contributed by atoms with Crippen molar-refractivity contribution >= 4 is 28.8 Å². The number of nitrogens with one attached hydrogen (secondary N) is 1. The van der Waals surface area contributed by atoms with Gasteiger partial charge in [-0.1, -0.05) is 11.2 Å². The normalized spacial score (nSPS) is 19.1. The Hall–Kier alpha value is -3.24. The lowest BCUT2D eigenvalue weighted by atomic mass is 10.0. The van der Waals surface area contributed by atoms with Gasteiger partial charge < -0.3 is 19.5 Å². The number of fused-ring (bicyclic) bond motifs is 2. The molecule has 0 bridgehead atoms. The molecule has 32 heavy (non-hydrogen) atoms. The lowest BCUT2D eigenvalue weighted by Crippen LogP contribution is -2.57. The summed E-state index contributed by atoms with van der Waals surface area (Å²) in [4.78, 5) is 33.6. The third kappa shape index (κ3) is 3.87. The van der Waals surface area contributed by atoms with Crippen LogP contribution in [0.25, 0.3) is 11.1 Å². The van der Waals surface area contributed by atoms with E-state index in [0.29, 0.717) is 42.7 Å². The highest BCUT2D eigenvalue weighted by Crippen LogP contribution is 2.34. The number of thiazole rings is 1. The fourth-order valence-corrected chi connectivity index (χ4v) is 4.87. The van der Waals surface area contributed by atoms with Crippen LogP contribution >= 0.6 is 11.3 Å². The zero-order valence-electron chi connectivity index (χ0n) is 17.8. The number of nitrogens with zero attached hydrogens (tertiary/aromatic N) is 4. The standard InChI is InChI=1S/C22H23N5O4S/c1-13-20(14(2)31-25-13)15-3-4-18-17(9-15)24-19(28)11-26-6-7-27(10-16(26)12-30-18)22(29)21-23-5-8-32-21/h3-5,8-9,16H,6-7,10-12H2,1-2H3,(H,24,28)/t16-/m1/s1. The Morgan fingerprint density at radius 1 is 1.28 bits per heavy atom. The number of carbonyl (C=O) groups is 2. The van der Waals surface area contributed by atoms with E-state index in [9.17, 15) is 9.59 Å². The van der Waals surface area contributed by atoms with Gasteiger partial charge in [0.1, 0.15) is 18.1 Å². The Bertz CT molecular complexity index is 1140. The molecule has 1 saturated heterocycles. The van der Waals surface area contributed by atoms with Gasteiger partial charge in [0.15, 0.2) is 5.01 Å². The highest BCUT2D eigenvalue weighted by atomic mass is 32.1. The molecule has 0 unspecified atom stereocenters. The summed E-state index contributed by atoms with van der Waals surface area (Å²) in [6, 6.07) is 5.59. The summed E-state index contributed by atoms with van der Waals surface area (Å²) in [5.41, 5.74) is 3.22. The van der Waals surface area contributed by atoms with E-state index in [1.54, 1.807) is 16.5 Å². The number of benzene rings is 1. The molecule has 0 saturated carbocycles. The number of carbonyl (C=O) groups excluding carboxylic acids is 2. The molecule has 3 aromatic rings. The van der Waals surface area contributed by atoms with Crippen molar-refractivity contribution in [1.29, 1.82) is 0 Å². The minimum absolute atomic E-state index is 0.0755. The van der Waals surface area contributed by atoms with E-state index in [4.69, 9.17) is 9.26 Å². The van der Waals surface area contributed by atoms with Gasteiger partial charge >= 0.3 is 0 Å². The van der Waals surface area contributed by atoms with Crippen molar-refractivity contribution < 1.29 is 18.8 Å². The first-order valence-electron chi connectivity index (χ1n) is 10.4. The molecule has 5 rings (SSSR count). The van der Waals surface area contributed by atoms with Crippen LogP contribution < -0.4 is 10.1 Å². The lowest BCUT2D eigenvalue weighted by Gasteiger charge is -2.40. The molecule has 0 spiro atoms. The van der Waals surface area contributed by atoms with Crippen molar-refractivity contribution in [1.82, 2.24) is 19.9 Å². The monoisotopic (exact) mass is 453 g/mol. The number of aromatic nitrogens is 2. The van der Waals surface area contributed by atoms with Crippen LogP contribution in [0, 0.1) is 13.8 Å². The first-order chi connectivity index (χ1) is 15.5. The number of piperazine rings is 1. The molecule has 2 amide bonds. The van der Waals surface area contributed by atoms with Crippen LogP contribution in [0.2, 0.25) is 0 Å². The Labute approximate surface area is 189 Å². The zero-order chi connectivity index (χ0) is 22.2. The van der Waals surface area contributed by atoms with Crippen molar-refractivity contribution in [2.75, 3.05) is 38.1 Å². The third-order valence-electron chi connectivity index (χ3n) is 5.86. The second kappa shape index (κ2) is 8.36. The van der Waals surface area contributed by atoms with Gasteiger partial charge in [0.05, 0.1) is 24.0 Å². The van der Waals surface area contributed by atoms with Gasteiger partial charge in [-0.15, -0.1) is 11.3 Å². The maximum atomic E-state index is 12.8. The Kier molecular flexibility index (Phi) is 5.40. The van der Waals surface area contributed by atoms with Gasteiger partial charge in [-0.2, -0.15) is 0 Å². The van der Waals surface area contributed by atoms with E-state index in [0.717, 1.165) is 22.6 Å². The number of hydrogen-bond acceptors (Lipinski definition) is 8. The van der Waals surface area contributed by atoms with Crippen LogP contribution in [0.1, 0.15) is 21.3 Å². The number of ether oxygens (including phenoxy) is 1. The molecule has 2 aliphatic heterocycles. The smallest absolute Gasteiger partial charge is 0.282 e. The number of aryl methyl sites for hydroxylation is 2. The number of anilines is 1. The zero-order valence-corrected chi connectivity index (χ0v) is 18.6. The van der Waals surface area contributed by atoms with E-state index >= 15 is 0 Å². The minimum atomic E-state index is -0.114. The molecule has 166 valence electrons. The number of amides is 2. The Balaban J connectivity index is 1.38. The maximum absolute atomic E-state index is 12.8. The molecule has 1 atom stereocenters. The van der Waals surface area contributed by atoms with Crippen molar-refractivity contribution in [3.05, 3.63) is 46.2 Å². The summed E-state index contributed by atoms with van der Waals surface area (Å²) in [5.74, 6) is 1.13. The summed E-state index contributed by atoms with van der Waals surface area (Å²) in [6.45, 7) is 5.99. The van der Waals surface area contributed by atoms with E-state index in [1.165, 1.54) is 11.3 Å². The van der Waals surface area contributed by atoms with Crippen LogP contribution in [0.3, 0.4) is 0 Å². The molecule has 1 aromatic carbocycles. The Morgan fingerprint density at radius 2 is 2.16 bits per heavy atom. The number of hydrogen-bond donors (Lipinski definition) is 1. The molecular weight excluding hydrogens is 430 g/mol. The molecule has 10 heteroatoms. The molecule has 9 nitrogen and oxygen atoms in total. The first-order valence-corrected chi connectivity index (χ1v) is 11.3. The van der Waals surface area contributed by atoms with Crippen LogP contribution in [0.5, 0.6) is 5.75 Å². The largest absolute Gasteiger partial charge is 0.490 e. The predicted octanol–water partition coefficient (Wildman–Crippen LogP) is 2.57. The van der Waals surface area contributed by atoms with Gasteiger partial charge in [-0.3, -0.25) is 14.5 Å². The SMILES string of the molecule is Cc1noc(C)c1-c1ccc2c(c1)NC(=O)CN1CCN(C(=O)c3nccs3)C[C@@H]1CO2. The van der Waals surface area contributed by atoms with E-state index in [-0.39, 0.29) is 24.4 Å². The average Bonchev–Trinajstić information content (AvgIpc) is 3.43. The fourth-order valence-electron chi connectivity index (χ4n) is 4.27. The van der Waals surface area contributed by atoms with E-state index < -0.39 is 0 Å². The molecule has 4 heterocycles. The summed E-state index contributed by atoms with van der Waals surface area (Å²) < 4.78 is 11.4. The first kappa shape index (κ1) is 20.7. The molecule has 0 aliphatic carbocycles. The van der Waals surface area contributed by atoms with Gasteiger partial charge in [0.25, 0.3) is 5.91 Å². The van der Waals surface area contributed by atoms with Crippen molar-refractivity contribution in [2.24, 2.45) is 0 Å². The summed E-state index contributed by atoms with van der Waals surface area (Å²) >= 11 is 1.34. The van der Waals surface area contributed by atoms with Crippen LogP contribution in [-0.4, -0.2) is 70.6 Å². The third-order valence-corrected chi connectivity index (χ3v) is 6.62. The van der Waals surface area contributed by atoms with Crippen LogP contribution in [-0.2, 0) is 4.79 Å². The maximum Gasteiger partial charge on any atom is 0.282 e. The summed E-state index contributed by atoms with van der Waals surface area (Å²) in [6.07, 6.45) is 1.63. The van der Waals surface area contributed by atoms with Gasteiger partial charge in [0, 0.05) is 36.8 Å². The fraction of sp³-hybridized carbons (Fsp3) is 0.364. The predicted molar refractivity (Wildman–Crippen MR) is 119 cm³/mol. The molecule has 0 radical (unpaired) electrons. The average molecular weight is 454 g/mol. The van der Waals surface area contributed by atoms with Gasteiger partial charge in [-0.25, -0.2) is 4.98 Å². The van der Waals surface area contributed by atoms with Crippen molar-refractivity contribution in [3.63, 3.8) is 0 Å². The Morgan fingerprint density at radius 3 is 2.91 bits per heavy atom. The van der Waals surface area contributed by atoms with Crippen molar-refractivity contribution in [2.45, 2.75) is 19.9 Å². The van der Waals surface area contributed by atoms with E-state index in [2.05, 4.69) is 20.4 Å². The highest BCUT2D eigenvalue weighted by Gasteiger charge is 2.33. The minimum Gasteiger partial charge on any atom is -0.490 e. The number of rotatable bonds is 2. The molecular formula is C22H23N5O4S. The quantitative estimate of drug-likeness (QED) is 0.636. The summed E-state index contributed by atoms with van der Waals surface area (Å²) in [7, 11) is 0. The molecule has 2 aliphatic rings. The van der Waals surface area contributed by atoms with Gasteiger partial charge in [0.2, 0.25) is 5.91 Å². The van der Waals surface area contributed by atoms with Gasteiger partial charge in [-0.05, 0) is 31.5 Å². The second-order valence-electron chi connectivity index (χ2n) is 7.98. The van der Waals surface area contributed by atoms with Crippen molar-refractivity contribution in [3.8, 4) is 16.9 Å². The molecule has 2 aromatic heterocycles. The lowest BCUT2D eigenvalue weighted by molar-refractivity contribution is -0.118. The molecule has 1 N–H and O–H groups in total. The highest BCUT2D eigenvalue weighted by molar-refractivity contribution is 7.11. The molecule has 1 fully saturated rings. The summed E-state index contributed by atoms with van der Waals surface area (Å²) in [5, 5.41) is 9.29. The second-order valence-corrected chi connectivity index (χ2v) is 8.88. The topological polar surface area (TPSA) is 101 Å². The van der Waals surface area contributed by atoms with Crippen LogP contribution in [0.4, 0.5) is 5.69 Å². The van der Waals surface area contributed by atoms with Crippen LogP contribution in [0.15, 0.2) is 34.3 Å².